The lowest BCUT2D eigenvalue weighted by atomic mass is 10.1. The van der Waals surface area contributed by atoms with E-state index in [1.54, 1.807) is 36.4 Å². The molecule has 1 aromatic heterocycles. The van der Waals surface area contributed by atoms with E-state index >= 15 is 0 Å². The molecule has 4 rings (SSSR count). The molecule has 30 heavy (non-hydrogen) atoms. The lowest BCUT2D eigenvalue weighted by Crippen LogP contribution is -2.13. The fraction of sp³-hybridized carbons (Fsp3) is 0.0870. The molecule has 0 aliphatic carbocycles. The van der Waals surface area contributed by atoms with Gasteiger partial charge in [0.1, 0.15) is 6.61 Å². The van der Waals surface area contributed by atoms with Crippen molar-refractivity contribution < 1.29 is 13.2 Å². The molecule has 0 bridgehead atoms. The predicted octanol–water partition coefficient (Wildman–Crippen LogP) is 5.33. The van der Waals surface area contributed by atoms with Crippen molar-refractivity contribution >= 4 is 21.6 Å². The Morgan fingerprint density at radius 2 is 1.57 bits per heavy atom. The minimum absolute atomic E-state index is 0.149. The first kappa shape index (κ1) is 20.2. The maximum Gasteiger partial charge on any atom is 0.283 e. The maximum atomic E-state index is 13.1. The molecule has 0 saturated heterocycles. The molecule has 0 atom stereocenters. The number of rotatable bonds is 6. The molecule has 0 amide bonds. The van der Waals surface area contributed by atoms with Crippen molar-refractivity contribution in [2.75, 3.05) is 0 Å². The van der Waals surface area contributed by atoms with Crippen molar-refractivity contribution in [1.29, 1.82) is 0 Å². The highest BCUT2D eigenvalue weighted by atomic mass is 35.5. The van der Waals surface area contributed by atoms with E-state index in [2.05, 4.69) is 5.10 Å². The molecule has 0 aliphatic heterocycles. The van der Waals surface area contributed by atoms with E-state index in [1.165, 1.54) is 6.20 Å². The summed E-state index contributed by atoms with van der Waals surface area (Å²) in [5.74, 6) is 0.197. The van der Waals surface area contributed by atoms with Crippen molar-refractivity contribution in [2.24, 2.45) is 0 Å². The molecule has 3 aromatic carbocycles. The third-order valence-electron chi connectivity index (χ3n) is 4.61. The third-order valence-corrected chi connectivity index (χ3v) is 6.48. The first-order valence-corrected chi connectivity index (χ1v) is 11.1. The van der Waals surface area contributed by atoms with Gasteiger partial charge in [-0.25, -0.2) is 0 Å². The molecule has 0 spiro atoms. The smallest absolute Gasteiger partial charge is 0.283 e. The molecule has 0 fully saturated rings. The fourth-order valence-corrected chi connectivity index (χ4v) is 4.34. The first-order valence-electron chi connectivity index (χ1n) is 9.29. The van der Waals surface area contributed by atoms with E-state index in [1.807, 2.05) is 49.4 Å². The third kappa shape index (κ3) is 4.10. The van der Waals surface area contributed by atoms with Crippen molar-refractivity contribution in [3.63, 3.8) is 0 Å². The van der Waals surface area contributed by atoms with Gasteiger partial charge in [0, 0.05) is 10.6 Å². The Morgan fingerprint density at radius 3 is 2.27 bits per heavy atom. The minimum atomic E-state index is -3.88. The quantitative estimate of drug-likeness (QED) is 0.408. The second-order valence-corrected chi connectivity index (χ2v) is 9.00. The van der Waals surface area contributed by atoms with Gasteiger partial charge in [-0.15, -0.1) is 5.10 Å². The number of aromatic nitrogens is 2. The van der Waals surface area contributed by atoms with Crippen LogP contribution in [-0.4, -0.2) is 17.6 Å². The summed E-state index contributed by atoms with van der Waals surface area (Å²) in [4.78, 5) is 0.149. The van der Waals surface area contributed by atoms with Crippen LogP contribution in [0.3, 0.4) is 0 Å². The van der Waals surface area contributed by atoms with Crippen LogP contribution >= 0.6 is 11.6 Å². The summed E-state index contributed by atoms with van der Waals surface area (Å²) < 4.78 is 33.1. The number of benzene rings is 3. The van der Waals surface area contributed by atoms with Crippen LogP contribution in [-0.2, 0) is 16.6 Å². The van der Waals surface area contributed by atoms with Gasteiger partial charge >= 0.3 is 0 Å². The summed E-state index contributed by atoms with van der Waals surface area (Å²) in [7, 11) is -3.88. The lowest BCUT2D eigenvalue weighted by Gasteiger charge is -2.07. The molecule has 0 unspecified atom stereocenters. The van der Waals surface area contributed by atoms with Crippen LogP contribution in [0, 0.1) is 6.92 Å². The Balaban J connectivity index is 1.77. The van der Waals surface area contributed by atoms with Crippen LogP contribution in [0.4, 0.5) is 0 Å². The normalized spacial score (nSPS) is 11.4. The molecular formula is C23H19ClN2O3S. The highest BCUT2D eigenvalue weighted by Gasteiger charge is 2.23. The van der Waals surface area contributed by atoms with Gasteiger partial charge in [-0.3, -0.25) is 0 Å². The van der Waals surface area contributed by atoms with Gasteiger partial charge in [0.25, 0.3) is 10.0 Å². The van der Waals surface area contributed by atoms with Crippen LogP contribution in [0.2, 0.25) is 5.02 Å². The second-order valence-electron chi connectivity index (χ2n) is 6.79. The first-order chi connectivity index (χ1) is 14.4. The molecule has 0 radical (unpaired) electrons. The molecule has 0 N–H and O–H groups in total. The number of hydrogen-bond donors (Lipinski definition) is 0. The highest BCUT2D eigenvalue weighted by Crippen LogP contribution is 2.35. The van der Waals surface area contributed by atoms with Crippen LogP contribution in [0.25, 0.3) is 11.1 Å². The van der Waals surface area contributed by atoms with Crippen molar-refractivity contribution in [2.45, 2.75) is 18.4 Å². The summed E-state index contributed by atoms with van der Waals surface area (Å²) in [6, 6.07) is 23.4. The molecule has 0 saturated carbocycles. The average molecular weight is 439 g/mol. The number of ether oxygens (including phenoxy) is 1. The number of halogens is 1. The van der Waals surface area contributed by atoms with Crippen molar-refractivity contribution in [1.82, 2.24) is 9.19 Å². The van der Waals surface area contributed by atoms with Gasteiger partial charge in [-0.2, -0.15) is 12.5 Å². The zero-order chi connectivity index (χ0) is 21.1. The molecule has 152 valence electrons. The Hall–Kier alpha value is -3.09. The summed E-state index contributed by atoms with van der Waals surface area (Å²) in [5, 5.41) is 4.74. The summed E-state index contributed by atoms with van der Waals surface area (Å²) >= 11 is 6.36. The zero-order valence-electron chi connectivity index (χ0n) is 16.2. The van der Waals surface area contributed by atoms with E-state index in [0.29, 0.717) is 16.1 Å². The van der Waals surface area contributed by atoms with Gasteiger partial charge in [0.2, 0.25) is 5.88 Å². The molecular weight excluding hydrogens is 420 g/mol. The summed E-state index contributed by atoms with van der Waals surface area (Å²) in [6.45, 7) is 2.15. The maximum absolute atomic E-state index is 13.1. The molecule has 1 heterocycles. The van der Waals surface area contributed by atoms with E-state index < -0.39 is 10.0 Å². The van der Waals surface area contributed by atoms with Crippen LogP contribution < -0.4 is 4.74 Å². The van der Waals surface area contributed by atoms with E-state index in [0.717, 1.165) is 15.2 Å². The standard InChI is InChI=1S/C23H19ClN2O3S/c1-17-11-13-19(14-12-17)30(27,28)26-15-21(20-9-5-6-10-22(20)24)23(25-26)29-16-18-7-3-2-4-8-18/h2-15H,16H2,1H3. The SMILES string of the molecule is Cc1ccc(S(=O)(=O)n2cc(-c3ccccc3Cl)c(OCc3ccccc3)n2)cc1. The zero-order valence-corrected chi connectivity index (χ0v) is 17.8. The van der Waals surface area contributed by atoms with Gasteiger partial charge in [0.15, 0.2) is 0 Å². The predicted molar refractivity (Wildman–Crippen MR) is 117 cm³/mol. The Labute approximate surface area is 180 Å². The molecule has 4 aromatic rings. The highest BCUT2D eigenvalue weighted by molar-refractivity contribution is 7.89. The van der Waals surface area contributed by atoms with Crippen LogP contribution in [0.15, 0.2) is 90.0 Å². The van der Waals surface area contributed by atoms with Crippen LogP contribution in [0.1, 0.15) is 11.1 Å². The fourth-order valence-electron chi connectivity index (χ4n) is 2.98. The van der Waals surface area contributed by atoms with E-state index in [9.17, 15) is 8.42 Å². The monoisotopic (exact) mass is 438 g/mol. The number of hydrogen-bond acceptors (Lipinski definition) is 4. The van der Waals surface area contributed by atoms with Crippen molar-refractivity contribution in [3.05, 3.63) is 101 Å². The average Bonchev–Trinajstić information content (AvgIpc) is 3.18. The van der Waals surface area contributed by atoms with Crippen LogP contribution in [0.5, 0.6) is 5.88 Å². The van der Waals surface area contributed by atoms with E-state index in [-0.39, 0.29) is 17.4 Å². The van der Waals surface area contributed by atoms with Gasteiger partial charge in [-0.05, 0) is 30.7 Å². The summed E-state index contributed by atoms with van der Waals surface area (Å²) in [5.41, 5.74) is 3.07. The Bertz CT molecular complexity index is 1270. The largest absolute Gasteiger partial charge is 0.471 e. The Kier molecular flexibility index (Phi) is 5.61. The van der Waals surface area contributed by atoms with Gasteiger partial charge in [0.05, 0.1) is 16.7 Å². The molecule has 5 nitrogen and oxygen atoms in total. The number of aryl methyl sites for hydroxylation is 1. The van der Waals surface area contributed by atoms with Crippen molar-refractivity contribution in [3.8, 4) is 17.0 Å². The molecule has 7 heteroatoms. The second kappa shape index (κ2) is 8.34. The summed E-state index contributed by atoms with van der Waals surface area (Å²) in [6.07, 6.45) is 1.44. The molecule has 0 aliphatic rings. The van der Waals surface area contributed by atoms with Gasteiger partial charge in [-0.1, -0.05) is 77.8 Å². The lowest BCUT2D eigenvalue weighted by molar-refractivity contribution is 0.293. The van der Waals surface area contributed by atoms with Gasteiger partial charge < -0.3 is 4.74 Å². The number of nitrogens with zero attached hydrogens (tertiary/aromatic N) is 2. The topological polar surface area (TPSA) is 61.2 Å². The Morgan fingerprint density at radius 1 is 0.900 bits per heavy atom. The van der Waals surface area contributed by atoms with E-state index in [4.69, 9.17) is 16.3 Å². The minimum Gasteiger partial charge on any atom is -0.471 e.